The Morgan fingerprint density at radius 1 is 0.878 bits per heavy atom. The van der Waals surface area contributed by atoms with Crippen LogP contribution in [0.5, 0.6) is 11.5 Å². The molecule has 0 aromatic heterocycles. The van der Waals surface area contributed by atoms with Crippen LogP contribution >= 0.6 is 22.6 Å². The van der Waals surface area contributed by atoms with E-state index in [1.165, 1.54) is 18.2 Å². The summed E-state index contributed by atoms with van der Waals surface area (Å²) < 4.78 is 12.6. The molecule has 0 aliphatic heterocycles. The summed E-state index contributed by atoms with van der Waals surface area (Å²) in [4.78, 5) is 38.4. The molecule has 41 heavy (non-hydrogen) atoms. The van der Waals surface area contributed by atoms with E-state index >= 15 is 0 Å². The molecule has 0 spiro atoms. The van der Waals surface area contributed by atoms with Gasteiger partial charge in [-0.1, -0.05) is 48.5 Å². The SMILES string of the molecule is Nc1ccccc1NC(=O)/C=C/[C@H](Oc1ccccc1)[C@@H](OC(=O)NC(=O)c1ccccc1)c1cc(I)ccc1O. The summed E-state index contributed by atoms with van der Waals surface area (Å²) in [5.41, 5.74) is 7.20. The van der Waals surface area contributed by atoms with Crippen molar-refractivity contribution in [1.82, 2.24) is 5.32 Å². The second-order valence-electron chi connectivity index (χ2n) is 8.68. The number of nitrogens with one attached hydrogen (secondary N) is 2. The summed E-state index contributed by atoms with van der Waals surface area (Å²) in [5, 5.41) is 15.6. The van der Waals surface area contributed by atoms with Gasteiger partial charge in [0.1, 0.15) is 11.5 Å². The van der Waals surface area contributed by atoms with Gasteiger partial charge >= 0.3 is 6.09 Å². The van der Waals surface area contributed by atoms with E-state index in [0.717, 1.165) is 3.57 Å². The maximum absolute atomic E-state index is 13.0. The molecule has 208 valence electrons. The number of imide groups is 1. The Morgan fingerprint density at radius 3 is 2.24 bits per heavy atom. The number of ether oxygens (including phenoxy) is 2. The molecule has 4 rings (SSSR count). The molecule has 0 fully saturated rings. The Kier molecular flexibility index (Phi) is 9.94. The zero-order valence-corrected chi connectivity index (χ0v) is 23.7. The number of carbonyl (C=O) groups is 3. The average molecular weight is 663 g/mol. The van der Waals surface area contributed by atoms with Gasteiger partial charge in [0.2, 0.25) is 5.91 Å². The van der Waals surface area contributed by atoms with E-state index in [4.69, 9.17) is 15.2 Å². The van der Waals surface area contributed by atoms with E-state index in [1.807, 2.05) is 0 Å². The fraction of sp³-hybridized carbons (Fsp3) is 0.0645. The number of hydrogen-bond donors (Lipinski definition) is 4. The lowest BCUT2D eigenvalue weighted by molar-refractivity contribution is -0.112. The van der Waals surface area contributed by atoms with Gasteiger partial charge in [-0.05, 0) is 83.3 Å². The van der Waals surface area contributed by atoms with Crippen LogP contribution in [0.25, 0.3) is 0 Å². The van der Waals surface area contributed by atoms with Crippen LogP contribution in [0.3, 0.4) is 0 Å². The third-order valence-electron chi connectivity index (χ3n) is 5.75. The number of para-hydroxylation sites is 3. The third-order valence-corrected chi connectivity index (χ3v) is 6.42. The lowest BCUT2D eigenvalue weighted by Crippen LogP contribution is -2.36. The third kappa shape index (κ3) is 8.32. The number of halogens is 1. The van der Waals surface area contributed by atoms with Crippen LogP contribution in [0.1, 0.15) is 22.0 Å². The number of nitrogen functional groups attached to an aromatic ring is 1. The van der Waals surface area contributed by atoms with Crippen molar-refractivity contribution in [2.75, 3.05) is 11.1 Å². The van der Waals surface area contributed by atoms with Gasteiger partial charge in [-0.25, -0.2) is 4.79 Å². The monoisotopic (exact) mass is 663 g/mol. The Hall–Kier alpha value is -4.84. The van der Waals surface area contributed by atoms with E-state index in [-0.39, 0.29) is 16.9 Å². The number of rotatable bonds is 9. The van der Waals surface area contributed by atoms with E-state index in [0.29, 0.717) is 17.1 Å². The highest BCUT2D eigenvalue weighted by Gasteiger charge is 2.31. The maximum Gasteiger partial charge on any atom is 0.414 e. The average Bonchev–Trinajstić information content (AvgIpc) is 2.97. The first-order valence-corrected chi connectivity index (χ1v) is 13.5. The lowest BCUT2D eigenvalue weighted by atomic mass is 10.0. The first-order chi connectivity index (χ1) is 19.8. The minimum Gasteiger partial charge on any atom is -0.508 e. The zero-order valence-electron chi connectivity index (χ0n) is 21.6. The second-order valence-corrected chi connectivity index (χ2v) is 9.93. The zero-order chi connectivity index (χ0) is 29.2. The van der Waals surface area contributed by atoms with Crippen LogP contribution in [0.2, 0.25) is 0 Å². The number of phenolic OH excluding ortho intramolecular Hbond substituents is 1. The molecule has 2 atom stereocenters. The Bertz CT molecular complexity index is 1550. The molecule has 0 aliphatic rings. The van der Waals surface area contributed by atoms with E-state index in [2.05, 4.69) is 33.2 Å². The predicted octanol–water partition coefficient (Wildman–Crippen LogP) is 5.83. The summed E-state index contributed by atoms with van der Waals surface area (Å²) in [5.74, 6) is -0.945. The van der Waals surface area contributed by atoms with Crippen molar-refractivity contribution < 1.29 is 29.0 Å². The molecule has 0 saturated carbocycles. The van der Waals surface area contributed by atoms with Gasteiger partial charge in [-0.3, -0.25) is 14.9 Å². The van der Waals surface area contributed by atoms with Gasteiger partial charge < -0.3 is 25.6 Å². The number of amides is 3. The molecule has 9 nitrogen and oxygen atoms in total. The molecule has 3 amide bonds. The van der Waals surface area contributed by atoms with Gasteiger partial charge in [-0.2, -0.15) is 0 Å². The van der Waals surface area contributed by atoms with E-state index in [9.17, 15) is 19.5 Å². The minimum absolute atomic E-state index is 0.172. The first-order valence-electron chi connectivity index (χ1n) is 12.4. The van der Waals surface area contributed by atoms with Gasteiger partial charge in [0.25, 0.3) is 5.91 Å². The fourth-order valence-electron chi connectivity index (χ4n) is 3.79. The summed E-state index contributed by atoms with van der Waals surface area (Å²) >= 11 is 2.06. The number of anilines is 2. The minimum atomic E-state index is -1.28. The van der Waals surface area contributed by atoms with Crippen LogP contribution in [-0.2, 0) is 9.53 Å². The van der Waals surface area contributed by atoms with Gasteiger partial charge in [0.05, 0.1) is 11.4 Å². The lowest BCUT2D eigenvalue weighted by Gasteiger charge is -2.27. The van der Waals surface area contributed by atoms with Crippen LogP contribution in [0, 0.1) is 3.57 Å². The van der Waals surface area contributed by atoms with Crippen LogP contribution in [-0.4, -0.2) is 29.1 Å². The maximum atomic E-state index is 13.0. The molecule has 0 bridgehead atoms. The number of nitrogens with two attached hydrogens (primary N) is 1. The number of alkyl carbamates (subject to hydrolysis) is 1. The molecule has 0 radical (unpaired) electrons. The van der Waals surface area contributed by atoms with Crippen molar-refractivity contribution in [3.05, 3.63) is 130 Å². The summed E-state index contributed by atoms with van der Waals surface area (Å²) in [7, 11) is 0. The molecule has 4 aromatic rings. The number of phenols is 1. The Balaban J connectivity index is 1.66. The van der Waals surface area contributed by atoms with Crippen molar-refractivity contribution in [2.45, 2.75) is 12.2 Å². The van der Waals surface area contributed by atoms with Crippen molar-refractivity contribution >= 4 is 51.9 Å². The molecule has 5 N–H and O–H groups in total. The topological polar surface area (TPSA) is 140 Å². The van der Waals surface area contributed by atoms with E-state index < -0.39 is 30.1 Å². The molecule has 4 aromatic carbocycles. The van der Waals surface area contributed by atoms with Crippen LogP contribution in [0.4, 0.5) is 16.2 Å². The standard InChI is InChI=1S/C31H26IN3O6/c32-21-15-16-26(36)23(19-21)29(41-31(39)35-30(38)20-9-3-1-4-10-20)27(40-22-11-5-2-6-12-22)17-18-28(37)34-25-14-8-7-13-24(25)33/h1-19,27,29,36H,33H2,(H,34,37)(H,35,38,39)/b18-17+/t27-,29-/m0/s1. The van der Waals surface area contributed by atoms with Crippen molar-refractivity contribution in [1.29, 1.82) is 0 Å². The van der Waals surface area contributed by atoms with Crippen molar-refractivity contribution in [3.63, 3.8) is 0 Å². The Labute approximate surface area is 250 Å². The number of benzene rings is 4. The van der Waals surface area contributed by atoms with Crippen molar-refractivity contribution in [2.24, 2.45) is 0 Å². The first kappa shape index (κ1) is 29.2. The highest BCUT2D eigenvalue weighted by atomic mass is 127. The highest BCUT2D eigenvalue weighted by Crippen LogP contribution is 2.34. The largest absolute Gasteiger partial charge is 0.508 e. The van der Waals surface area contributed by atoms with Crippen molar-refractivity contribution in [3.8, 4) is 11.5 Å². The van der Waals surface area contributed by atoms with Gasteiger partial charge in [0, 0.05) is 20.8 Å². The number of aromatic hydroxyl groups is 1. The molecular formula is C31H26IN3O6. The molecule has 0 saturated heterocycles. The summed E-state index contributed by atoms with van der Waals surface area (Å²) in [6.45, 7) is 0. The quantitative estimate of drug-likeness (QED) is 0.100. The van der Waals surface area contributed by atoms with Gasteiger partial charge in [0.15, 0.2) is 12.2 Å². The predicted molar refractivity (Wildman–Crippen MR) is 163 cm³/mol. The van der Waals surface area contributed by atoms with Crippen LogP contribution in [0.15, 0.2) is 115 Å². The number of hydrogen-bond acceptors (Lipinski definition) is 7. The second kappa shape index (κ2) is 14.0. The van der Waals surface area contributed by atoms with Crippen LogP contribution < -0.4 is 21.1 Å². The molecule has 10 heteroatoms. The summed E-state index contributed by atoms with van der Waals surface area (Å²) in [6, 6.07) is 28.4. The smallest absolute Gasteiger partial charge is 0.414 e. The molecular weight excluding hydrogens is 637 g/mol. The van der Waals surface area contributed by atoms with Gasteiger partial charge in [-0.15, -0.1) is 0 Å². The molecule has 0 unspecified atom stereocenters. The Morgan fingerprint density at radius 2 is 1.54 bits per heavy atom. The van der Waals surface area contributed by atoms with E-state index in [1.54, 1.807) is 97.1 Å². The highest BCUT2D eigenvalue weighted by molar-refractivity contribution is 14.1. The molecule has 0 aliphatic carbocycles. The normalized spacial score (nSPS) is 12.2. The fourth-order valence-corrected chi connectivity index (χ4v) is 4.30. The summed E-state index contributed by atoms with van der Waals surface area (Å²) in [6.07, 6.45) is -0.845. The molecule has 0 heterocycles. The number of carbonyl (C=O) groups excluding carboxylic acids is 3.